The van der Waals surface area contributed by atoms with E-state index in [9.17, 15) is 0 Å². The lowest BCUT2D eigenvalue weighted by atomic mass is 9.88. The van der Waals surface area contributed by atoms with Crippen molar-refractivity contribution < 1.29 is 9.47 Å². The summed E-state index contributed by atoms with van der Waals surface area (Å²) in [4.78, 5) is 2.49. The van der Waals surface area contributed by atoms with Crippen LogP contribution in [0.1, 0.15) is 31.7 Å². The number of benzene rings is 1. The smallest absolute Gasteiger partial charge is 0.165 e. The van der Waals surface area contributed by atoms with Crippen molar-refractivity contribution in [2.24, 2.45) is 11.7 Å². The van der Waals surface area contributed by atoms with Gasteiger partial charge in [-0.3, -0.25) is 4.90 Å². The maximum Gasteiger partial charge on any atom is 0.165 e. The van der Waals surface area contributed by atoms with Gasteiger partial charge in [-0.25, -0.2) is 0 Å². The van der Waals surface area contributed by atoms with E-state index >= 15 is 0 Å². The first-order valence-corrected chi connectivity index (χ1v) is 7.87. The molecule has 0 radical (unpaired) electrons. The summed E-state index contributed by atoms with van der Waals surface area (Å²) in [7, 11) is 3.38. The third-order valence-corrected chi connectivity index (χ3v) is 4.65. The number of likely N-dealkylation sites (tertiary alicyclic amines) is 1. The predicted molar refractivity (Wildman–Crippen MR) is 85.8 cm³/mol. The molecule has 1 aliphatic heterocycles. The summed E-state index contributed by atoms with van der Waals surface area (Å²) in [6, 6.07) is 6.54. The highest BCUT2D eigenvalue weighted by molar-refractivity contribution is 5.46. The monoisotopic (exact) mass is 292 g/mol. The SMILES string of the molecule is CCC1CCN(Cc2cccc(OC)c2OC)C(CN)C1. The average molecular weight is 292 g/mol. The third-order valence-electron chi connectivity index (χ3n) is 4.65. The van der Waals surface area contributed by atoms with Crippen LogP contribution in [0, 0.1) is 5.92 Å². The molecular weight excluding hydrogens is 264 g/mol. The molecule has 0 saturated carbocycles. The van der Waals surface area contributed by atoms with Crippen molar-refractivity contribution in [1.29, 1.82) is 0 Å². The van der Waals surface area contributed by atoms with Gasteiger partial charge in [0.05, 0.1) is 14.2 Å². The van der Waals surface area contributed by atoms with Crippen LogP contribution in [0.4, 0.5) is 0 Å². The van der Waals surface area contributed by atoms with Crippen LogP contribution in [0.25, 0.3) is 0 Å². The van der Waals surface area contributed by atoms with E-state index < -0.39 is 0 Å². The van der Waals surface area contributed by atoms with Crippen LogP contribution < -0.4 is 15.2 Å². The number of rotatable bonds is 6. The fourth-order valence-electron chi connectivity index (χ4n) is 3.30. The summed E-state index contributed by atoms with van der Waals surface area (Å²) in [5.74, 6) is 2.46. The van der Waals surface area contributed by atoms with Crippen molar-refractivity contribution >= 4 is 0 Å². The molecule has 118 valence electrons. The second-order valence-corrected chi connectivity index (χ2v) is 5.81. The van der Waals surface area contributed by atoms with Crippen LogP contribution in [0.2, 0.25) is 0 Å². The van der Waals surface area contributed by atoms with E-state index in [2.05, 4.69) is 17.9 Å². The highest BCUT2D eigenvalue weighted by Gasteiger charge is 2.27. The Kier molecular flexibility index (Phi) is 5.88. The molecule has 1 fully saturated rings. The summed E-state index contributed by atoms with van der Waals surface area (Å²) in [6.45, 7) is 4.99. The normalized spacial score (nSPS) is 23.0. The second-order valence-electron chi connectivity index (χ2n) is 5.81. The van der Waals surface area contributed by atoms with Crippen molar-refractivity contribution in [3.05, 3.63) is 23.8 Å². The van der Waals surface area contributed by atoms with Gasteiger partial charge in [0, 0.05) is 24.7 Å². The molecule has 1 aromatic rings. The molecule has 0 aliphatic carbocycles. The number of para-hydroxylation sites is 1. The summed E-state index contributed by atoms with van der Waals surface area (Å²) in [5.41, 5.74) is 7.16. The molecule has 1 heterocycles. The molecule has 1 aliphatic rings. The van der Waals surface area contributed by atoms with Crippen LogP contribution in [-0.2, 0) is 6.54 Å². The Hall–Kier alpha value is -1.26. The number of nitrogens with zero attached hydrogens (tertiary/aromatic N) is 1. The van der Waals surface area contributed by atoms with Crippen molar-refractivity contribution in [3.8, 4) is 11.5 Å². The Balaban J connectivity index is 2.14. The van der Waals surface area contributed by atoms with Gasteiger partial charge >= 0.3 is 0 Å². The number of ether oxygens (including phenoxy) is 2. The van der Waals surface area contributed by atoms with Gasteiger partial charge in [-0.2, -0.15) is 0 Å². The first kappa shape index (κ1) is 16.1. The first-order valence-electron chi connectivity index (χ1n) is 7.87. The minimum absolute atomic E-state index is 0.472. The van der Waals surface area contributed by atoms with Crippen LogP contribution in [-0.4, -0.2) is 38.3 Å². The zero-order valence-corrected chi connectivity index (χ0v) is 13.5. The summed E-state index contributed by atoms with van der Waals surface area (Å²) in [5, 5.41) is 0. The predicted octanol–water partition coefficient (Wildman–Crippen LogP) is 2.65. The minimum atomic E-state index is 0.472. The van der Waals surface area contributed by atoms with Crippen LogP contribution in [0.5, 0.6) is 11.5 Å². The Labute approximate surface area is 128 Å². The topological polar surface area (TPSA) is 47.7 Å². The molecule has 2 atom stereocenters. The lowest BCUT2D eigenvalue weighted by Crippen LogP contribution is -2.46. The standard InChI is InChI=1S/C17H28N2O2/c1-4-13-8-9-19(15(10-13)11-18)12-14-6-5-7-16(20-2)17(14)21-3/h5-7,13,15H,4,8-12,18H2,1-3H3. The molecular formula is C17H28N2O2. The fourth-order valence-corrected chi connectivity index (χ4v) is 3.30. The second kappa shape index (κ2) is 7.66. The van der Waals surface area contributed by atoms with E-state index in [-0.39, 0.29) is 0 Å². The van der Waals surface area contributed by atoms with Gasteiger partial charge < -0.3 is 15.2 Å². The zero-order valence-electron chi connectivity index (χ0n) is 13.5. The van der Waals surface area contributed by atoms with E-state index in [0.29, 0.717) is 6.04 Å². The molecule has 2 rings (SSSR count). The first-order chi connectivity index (χ1) is 10.2. The van der Waals surface area contributed by atoms with Crippen molar-refractivity contribution in [2.45, 2.75) is 38.8 Å². The number of hydrogen-bond acceptors (Lipinski definition) is 4. The Bertz CT molecular complexity index is 450. The Morgan fingerprint density at radius 1 is 1.29 bits per heavy atom. The van der Waals surface area contributed by atoms with E-state index in [1.165, 1.54) is 24.8 Å². The molecule has 4 heteroatoms. The van der Waals surface area contributed by atoms with Crippen LogP contribution in [0.3, 0.4) is 0 Å². The van der Waals surface area contributed by atoms with Crippen LogP contribution in [0.15, 0.2) is 18.2 Å². The largest absolute Gasteiger partial charge is 0.493 e. The molecule has 21 heavy (non-hydrogen) atoms. The molecule has 4 nitrogen and oxygen atoms in total. The van der Waals surface area contributed by atoms with Gasteiger partial charge in [-0.05, 0) is 31.4 Å². The Morgan fingerprint density at radius 3 is 2.71 bits per heavy atom. The van der Waals surface area contributed by atoms with Gasteiger partial charge in [0.1, 0.15) is 0 Å². The van der Waals surface area contributed by atoms with E-state index in [0.717, 1.165) is 37.1 Å². The van der Waals surface area contributed by atoms with Gasteiger partial charge in [-0.15, -0.1) is 0 Å². The number of methoxy groups -OCH3 is 2. The summed E-state index contributed by atoms with van der Waals surface area (Å²) in [6.07, 6.45) is 3.73. The molecule has 1 aromatic carbocycles. The highest BCUT2D eigenvalue weighted by Crippen LogP contribution is 2.33. The molecule has 0 amide bonds. The van der Waals surface area contributed by atoms with Crippen molar-refractivity contribution in [1.82, 2.24) is 4.90 Å². The quantitative estimate of drug-likeness (QED) is 0.875. The third kappa shape index (κ3) is 3.69. The fraction of sp³-hybridized carbons (Fsp3) is 0.647. The average Bonchev–Trinajstić information content (AvgIpc) is 2.54. The summed E-state index contributed by atoms with van der Waals surface area (Å²) >= 11 is 0. The molecule has 0 aromatic heterocycles. The summed E-state index contributed by atoms with van der Waals surface area (Å²) < 4.78 is 10.9. The highest BCUT2D eigenvalue weighted by atomic mass is 16.5. The van der Waals surface area contributed by atoms with Gasteiger partial charge in [-0.1, -0.05) is 25.5 Å². The number of nitrogens with two attached hydrogens (primary N) is 1. The minimum Gasteiger partial charge on any atom is -0.493 e. The zero-order chi connectivity index (χ0) is 15.2. The number of hydrogen-bond donors (Lipinski definition) is 1. The van der Waals surface area contributed by atoms with Crippen molar-refractivity contribution in [2.75, 3.05) is 27.3 Å². The number of piperidine rings is 1. The van der Waals surface area contributed by atoms with Gasteiger partial charge in [0.15, 0.2) is 11.5 Å². The molecule has 1 saturated heterocycles. The van der Waals surface area contributed by atoms with Crippen LogP contribution >= 0.6 is 0 Å². The van der Waals surface area contributed by atoms with E-state index in [4.69, 9.17) is 15.2 Å². The maximum absolute atomic E-state index is 5.99. The molecule has 2 unspecified atom stereocenters. The van der Waals surface area contributed by atoms with Gasteiger partial charge in [0.2, 0.25) is 0 Å². The lowest BCUT2D eigenvalue weighted by Gasteiger charge is -2.39. The van der Waals surface area contributed by atoms with Crippen molar-refractivity contribution in [3.63, 3.8) is 0 Å². The molecule has 0 spiro atoms. The lowest BCUT2D eigenvalue weighted by molar-refractivity contribution is 0.106. The van der Waals surface area contributed by atoms with Gasteiger partial charge in [0.25, 0.3) is 0 Å². The van der Waals surface area contributed by atoms with E-state index in [1.54, 1.807) is 14.2 Å². The Morgan fingerprint density at radius 2 is 2.10 bits per heavy atom. The molecule has 0 bridgehead atoms. The van der Waals surface area contributed by atoms with E-state index in [1.807, 2.05) is 12.1 Å². The molecule has 2 N–H and O–H groups in total. The maximum atomic E-state index is 5.99.